The van der Waals surface area contributed by atoms with Crippen molar-refractivity contribution in [3.8, 4) is 11.1 Å². The Morgan fingerprint density at radius 3 is 2.45 bits per heavy atom. The van der Waals surface area contributed by atoms with E-state index < -0.39 is 15.8 Å². The van der Waals surface area contributed by atoms with Crippen molar-refractivity contribution in [3.63, 3.8) is 0 Å². The van der Waals surface area contributed by atoms with Gasteiger partial charge >= 0.3 is 0 Å². The van der Waals surface area contributed by atoms with E-state index in [2.05, 4.69) is 9.88 Å². The van der Waals surface area contributed by atoms with Gasteiger partial charge in [0.05, 0.1) is 12.1 Å². The normalized spacial score (nSPS) is 11.8. The molecule has 5 aromatic rings. The Morgan fingerprint density at radius 2 is 1.80 bits per heavy atom. The van der Waals surface area contributed by atoms with Crippen LogP contribution in [0.5, 0.6) is 0 Å². The molecule has 0 spiro atoms. The highest BCUT2D eigenvalue weighted by atomic mass is 32.2. The number of pyridine rings is 2. The van der Waals surface area contributed by atoms with Gasteiger partial charge in [0.25, 0.3) is 15.6 Å². The van der Waals surface area contributed by atoms with Crippen LogP contribution in [0.2, 0.25) is 0 Å². The number of halogens is 1. The second kappa shape index (κ2) is 10.6. The van der Waals surface area contributed by atoms with Gasteiger partial charge in [-0.25, -0.2) is 12.8 Å². The summed E-state index contributed by atoms with van der Waals surface area (Å²) >= 11 is 1.05. The Labute approximate surface area is 235 Å². The van der Waals surface area contributed by atoms with Gasteiger partial charge in [0.1, 0.15) is 15.8 Å². The average molecular weight is 581 g/mol. The third-order valence-electron chi connectivity index (χ3n) is 6.93. The van der Waals surface area contributed by atoms with Crippen LogP contribution in [-0.4, -0.2) is 23.1 Å². The number of rotatable bonds is 8. The fourth-order valence-electron chi connectivity index (χ4n) is 4.66. The number of benzene rings is 1. The lowest BCUT2D eigenvalue weighted by Crippen LogP contribution is -2.21. The molecule has 0 aliphatic carbocycles. The molecule has 0 fully saturated rings. The fourth-order valence-corrected chi connectivity index (χ4v) is 7.36. The van der Waals surface area contributed by atoms with E-state index in [1.807, 2.05) is 19.9 Å². The Morgan fingerprint density at radius 1 is 1.02 bits per heavy atom. The third kappa shape index (κ3) is 5.06. The lowest BCUT2D eigenvalue weighted by Gasteiger charge is -2.14. The second-order valence-electron chi connectivity index (χ2n) is 9.65. The lowest BCUT2D eigenvalue weighted by atomic mass is 10.0. The first-order valence-electron chi connectivity index (χ1n) is 12.9. The molecule has 0 unspecified atom stereocenters. The van der Waals surface area contributed by atoms with Crippen LogP contribution in [0.15, 0.2) is 56.0 Å². The van der Waals surface area contributed by atoms with Crippen molar-refractivity contribution in [3.05, 3.63) is 91.8 Å². The van der Waals surface area contributed by atoms with E-state index in [0.717, 1.165) is 46.5 Å². The SMILES string of the molecule is CCc1cc2c(ccc(=O)n2Cc2ccc(-c3cc(C)sc3S(=O)(=O)Nc3noc(C)c3C)c(F)c2)c(CC)n1. The van der Waals surface area contributed by atoms with Crippen LogP contribution in [-0.2, 0) is 29.4 Å². The monoisotopic (exact) mass is 580 g/mol. The quantitative estimate of drug-likeness (QED) is 0.236. The van der Waals surface area contributed by atoms with Gasteiger partial charge in [0, 0.05) is 44.4 Å². The van der Waals surface area contributed by atoms with Gasteiger partial charge in [0.15, 0.2) is 5.82 Å². The van der Waals surface area contributed by atoms with E-state index in [-0.39, 0.29) is 33.3 Å². The van der Waals surface area contributed by atoms with Gasteiger partial charge in [-0.1, -0.05) is 31.1 Å². The first kappa shape index (κ1) is 27.7. The van der Waals surface area contributed by atoms with Crippen molar-refractivity contribution in [1.82, 2.24) is 14.7 Å². The molecule has 4 heterocycles. The topological polar surface area (TPSA) is 107 Å². The van der Waals surface area contributed by atoms with Crippen LogP contribution < -0.4 is 10.3 Å². The van der Waals surface area contributed by atoms with Crippen LogP contribution in [0.3, 0.4) is 0 Å². The van der Waals surface area contributed by atoms with Crippen molar-refractivity contribution in [1.29, 1.82) is 0 Å². The lowest BCUT2D eigenvalue weighted by molar-refractivity contribution is 0.399. The summed E-state index contributed by atoms with van der Waals surface area (Å²) in [5.41, 5.74) is 3.92. The summed E-state index contributed by atoms with van der Waals surface area (Å²) in [6.45, 7) is 9.34. The van der Waals surface area contributed by atoms with E-state index in [9.17, 15) is 13.2 Å². The zero-order chi connectivity index (χ0) is 28.8. The third-order valence-corrected chi connectivity index (χ3v) is 9.86. The Hall–Kier alpha value is -3.83. The number of fused-ring (bicyclic) bond motifs is 1. The summed E-state index contributed by atoms with van der Waals surface area (Å²) in [6, 6.07) is 11.5. The molecule has 0 atom stereocenters. The summed E-state index contributed by atoms with van der Waals surface area (Å²) in [5.74, 6) is 0.0116. The number of anilines is 1. The van der Waals surface area contributed by atoms with Crippen LogP contribution >= 0.6 is 11.3 Å². The van der Waals surface area contributed by atoms with Crippen LogP contribution in [0, 0.1) is 26.6 Å². The van der Waals surface area contributed by atoms with Gasteiger partial charge in [-0.05, 0) is 63.4 Å². The summed E-state index contributed by atoms with van der Waals surface area (Å²) in [5, 5.41) is 4.68. The summed E-state index contributed by atoms with van der Waals surface area (Å²) in [4.78, 5) is 18.3. The molecule has 0 bridgehead atoms. The molecule has 208 valence electrons. The van der Waals surface area contributed by atoms with E-state index in [1.165, 1.54) is 12.1 Å². The summed E-state index contributed by atoms with van der Waals surface area (Å²) in [7, 11) is -4.07. The van der Waals surface area contributed by atoms with Gasteiger partial charge in [-0.2, -0.15) is 0 Å². The molecule has 1 aromatic carbocycles. The molecule has 0 radical (unpaired) electrons. The molecular formula is C29H29FN4O4S2. The zero-order valence-electron chi connectivity index (χ0n) is 22.8. The minimum absolute atomic E-state index is 0.0198. The van der Waals surface area contributed by atoms with E-state index in [4.69, 9.17) is 9.51 Å². The smallest absolute Gasteiger partial charge is 0.273 e. The van der Waals surface area contributed by atoms with Crippen LogP contribution in [0.4, 0.5) is 10.2 Å². The number of hydrogen-bond donors (Lipinski definition) is 1. The molecule has 8 nitrogen and oxygen atoms in total. The second-order valence-corrected chi connectivity index (χ2v) is 12.8. The highest BCUT2D eigenvalue weighted by Gasteiger charge is 2.26. The van der Waals surface area contributed by atoms with Crippen LogP contribution in [0.25, 0.3) is 22.0 Å². The standard InChI is InChI=1S/C29H29FN4O4S2/c1-6-20-14-26-22(25(7-2)31-20)10-11-27(35)34(26)15-19-8-9-21(24(30)13-19)23-12-16(3)39-29(23)40(36,37)33-28-17(4)18(5)38-32-28/h8-14H,6-7,15H2,1-5H3,(H,32,33). The predicted molar refractivity (Wildman–Crippen MR) is 155 cm³/mol. The van der Waals surface area contributed by atoms with Gasteiger partial charge in [-0.15, -0.1) is 11.3 Å². The molecule has 0 saturated carbocycles. The Bertz CT molecular complexity index is 1920. The zero-order valence-corrected chi connectivity index (χ0v) is 24.5. The van der Waals surface area contributed by atoms with Crippen molar-refractivity contribution in [2.45, 2.75) is 58.2 Å². The Balaban J connectivity index is 1.53. The number of thiophene rings is 1. The number of aromatic nitrogens is 3. The highest BCUT2D eigenvalue weighted by molar-refractivity contribution is 7.94. The Kier molecular flexibility index (Phi) is 7.36. The molecule has 40 heavy (non-hydrogen) atoms. The molecule has 0 aliphatic heterocycles. The fraction of sp³-hybridized carbons (Fsp3) is 0.276. The molecule has 5 rings (SSSR count). The number of sulfonamides is 1. The number of nitrogens with zero attached hydrogens (tertiary/aromatic N) is 3. The largest absolute Gasteiger partial charge is 0.359 e. The van der Waals surface area contributed by atoms with Crippen molar-refractivity contribution in [2.24, 2.45) is 0 Å². The minimum Gasteiger partial charge on any atom is -0.359 e. The first-order chi connectivity index (χ1) is 19.0. The molecule has 11 heteroatoms. The van der Waals surface area contributed by atoms with E-state index in [1.54, 1.807) is 49.6 Å². The predicted octanol–water partition coefficient (Wildman–Crippen LogP) is 6.15. The number of nitrogens with one attached hydrogen (secondary N) is 1. The first-order valence-corrected chi connectivity index (χ1v) is 15.2. The molecule has 0 amide bonds. The van der Waals surface area contributed by atoms with Crippen molar-refractivity contribution >= 4 is 38.1 Å². The highest BCUT2D eigenvalue weighted by Crippen LogP contribution is 2.37. The van der Waals surface area contributed by atoms with Crippen LogP contribution in [0.1, 0.15) is 47.0 Å². The van der Waals surface area contributed by atoms with Crippen molar-refractivity contribution < 1.29 is 17.3 Å². The van der Waals surface area contributed by atoms with E-state index >= 15 is 4.39 Å². The maximum Gasteiger partial charge on any atom is 0.273 e. The number of hydrogen-bond acceptors (Lipinski definition) is 7. The summed E-state index contributed by atoms with van der Waals surface area (Å²) in [6.07, 6.45) is 1.45. The van der Waals surface area contributed by atoms with Gasteiger partial charge in [-0.3, -0.25) is 14.5 Å². The number of aryl methyl sites for hydroxylation is 4. The maximum atomic E-state index is 15.6. The molecule has 0 aliphatic rings. The van der Waals surface area contributed by atoms with Gasteiger partial charge in [0.2, 0.25) is 0 Å². The summed E-state index contributed by atoms with van der Waals surface area (Å²) < 4.78 is 51.4. The molecule has 0 saturated heterocycles. The minimum atomic E-state index is -4.07. The van der Waals surface area contributed by atoms with Crippen molar-refractivity contribution in [2.75, 3.05) is 4.72 Å². The van der Waals surface area contributed by atoms with Gasteiger partial charge < -0.3 is 9.09 Å². The average Bonchev–Trinajstić information content (AvgIpc) is 3.47. The van der Waals surface area contributed by atoms with E-state index in [0.29, 0.717) is 21.8 Å². The molecule has 4 aromatic heterocycles. The maximum absolute atomic E-state index is 15.6. The molecule has 1 N–H and O–H groups in total. The molecular weight excluding hydrogens is 551 g/mol.